The van der Waals surface area contributed by atoms with Gasteiger partial charge < -0.3 is 14.8 Å². The molecule has 0 atom stereocenters. The minimum Gasteiger partial charge on any atom is -0.478 e. The Morgan fingerprint density at radius 1 is 1.00 bits per heavy atom. The standard InChI is InChI=1S/C20H16N2O4S/c1-12-6-8-13(9-7-12)16-10-11-17(26-16)18(23)22-20(27)21-15-5-3-2-4-14(15)19(24)25/h2-11H,1H3,(H,24,25)(H2,21,22,23,27). The number of carboxylic acid groups (broad SMARTS) is 1. The van der Waals surface area contributed by atoms with Gasteiger partial charge in [0.25, 0.3) is 5.91 Å². The van der Waals surface area contributed by atoms with Crippen LogP contribution in [0.25, 0.3) is 11.3 Å². The molecule has 0 bridgehead atoms. The first-order valence-electron chi connectivity index (χ1n) is 8.05. The van der Waals surface area contributed by atoms with Crippen LogP contribution in [0.5, 0.6) is 0 Å². The Bertz CT molecular complexity index is 1010. The molecule has 0 radical (unpaired) electrons. The van der Waals surface area contributed by atoms with E-state index in [2.05, 4.69) is 10.6 Å². The number of para-hydroxylation sites is 1. The van der Waals surface area contributed by atoms with Crippen molar-refractivity contribution in [2.45, 2.75) is 6.92 Å². The van der Waals surface area contributed by atoms with Gasteiger partial charge in [0.05, 0.1) is 11.3 Å². The zero-order chi connectivity index (χ0) is 19.4. The SMILES string of the molecule is Cc1ccc(-c2ccc(C(=O)NC(=S)Nc3ccccc3C(=O)O)o2)cc1. The third kappa shape index (κ3) is 4.39. The van der Waals surface area contributed by atoms with Gasteiger partial charge in [-0.25, -0.2) is 4.79 Å². The van der Waals surface area contributed by atoms with Crippen molar-refractivity contribution in [3.8, 4) is 11.3 Å². The van der Waals surface area contributed by atoms with Gasteiger partial charge in [-0.15, -0.1) is 0 Å². The van der Waals surface area contributed by atoms with E-state index >= 15 is 0 Å². The van der Waals surface area contributed by atoms with Gasteiger partial charge in [0.2, 0.25) is 0 Å². The highest BCUT2D eigenvalue weighted by Gasteiger charge is 2.15. The van der Waals surface area contributed by atoms with E-state index in [1.54, 1.807) is 30.3 Å². The number of anilines is 1. The van der Waals surface area contributed by atoms with E-state index in [-0.39, 0.29) is 22.1 Å². The number of benzene rings is 2. The van der Waals surface area contributed by atoms with Crippen LogP contribution in [0.15, 0.2) is 65.1 Å². The van der Waals surface area contributed by atoms with Crippen LogP contribution in [-0.2, 0) is 0 Å². The fourth-order valence-electron chi connectivity index (χ4n) is 2.43. The molecule has 0 aliphatic rings. The second kappa shape index (κ2) is 7.84. The van der Waals surface area contributed by atoms with E-state index in [0.29, 0.717) is 5.76 Å². The lowest BCUT2D eigenvalue weighted by Crippen LogP contribution is -2.34. The molecule has 0 saturated heterocycles. The number of carbonyl (C=O) groups excluding carboxylic acids is 1. The molecule has 0 fully saturated rings. The molecule has 136 valence electrons. The second-order valence-corrected chi connectivity index (χ2v) is 6.20. The minimum absolute atomic E-state index is 0.0259. The Morgan fingerprint density at radius 3 is 2.41 bits per heavy atom. The lowest BCUT2D eigenvalue weighted by molar-refractivity contribution is 0.0698. The van der Waals surface area contributed by atoms with E-state index in [4.69, 9.17) is 16.6 Å². The number of carbonyl (C=O) groups is 2. The second-order valence-electron chi connectivity index (χ2n) is 5.79. The molecule has 7 heteroatoms. The van der Waals surface area contributed by atoms with Crippen molar-refractivity contribution in [1.29, 1.82) is 0 Å². The smallest absolute Gasteiger partial charge is 0.337 e. The van der Waals surface area contributed by atoms with Crippen LogP contribution in [0.3, 0.4) is 0 Å². The monoisotopic (exact) mass is 380 g/mol. The van der Waals surface area contributed by atoms with Crippen molar-refractivity contribution in [2.75, 3.05) is 5.32 Å². The molecule has 1 amide bonds. The summed E-state index contributed by atoms with van der Waals surface area (Å²) < 4.78 is 5.59. The maximum absolute atomic E-state index is 12.3. The van der Waals surface area contributed by atoms with Gasteiger partial charge in [0.1, 0.15) is 5.76 Å². The van der Waals surface area contributed by atoms with E-state index < -0.39 is 11.9 Å². The molecular weight excluding hydrogens is 364 g/mol. The highest BCUT2D eigenvalue weighted by Crippen LogP contribution is 2.22. The van der Waals surface area contributed by atoms with Crippen molar-refractivity contribution < 1.29 is 19.1 Å². The van der Waals surface area contributed by atoms with Gasteiger partial charge >= 0.3 is 5.97 Å². The summed E-state index contributed by atoms with van der Waals surface area (Å²) in [7, 11) is 0. The number of aryl methyl sites for hydroxylation is 1. The fourth-order valence-corrected chi connectivity index (χ4v) is 2.63. The Kier molecular flexibility index (Phi) is 5.33. The lowest BCUT2D eigenvalue weighted by atomic mass is 10.1. The van der Waals surface area contributed by atoms with Crippen LogP contribution in [0.2, 0.25) is 0 Å². The molecule has 0 unspecified atom stereocenters. The predicted molar refractivity (Wildman–Crippen MR) is 106 cm³/mol. The number of carboxylic acids is 1. The van der Waals surface area contributed by atoms with Crippen LogP contribution in [0, 0.1) is 6.92 Å². The van der Waals surface area contributed by atoms with Gasteiger partial charge in [-0.3, -0.25) is 10.1 Å². The van der Waals surface area contributed by atoms with Crippen molar-refractivity contribution in [2.24, 2.45) is 0 Å². The lowest BCUT2D eigenvalue weighted by Gasteiger charge is -2.10. The van der Waals surface area contributed by atoms with Gasteiger partial charge in [0.15, 0.2) is 10.9 Å². The normalized spacial score (nSPS) is 10.3. The Hall–Kier alpha value is -3.45. The number of rotatable bonds is 4. The molecule has 3 aromatic rings. The summed E-state index contributed by atoms with van der Waals surface area (Å²) in [6, 6.07) is 17.3. The van der Waals surface area contributed by atoms with Gasteiger partial charge in [0, 0.05) is 5.56 Å². The first-order valence-corrected chi connectivity index (χ1v) is 8.46. The summed E-state index contributed by atoms with van der Waals surface area (Å²) in [4.78, 5) is 23.5. The van der Waals surface area contributed by atoms with Crippen LogP contribution in [-0.4, -0.2) is 22.1 Å². The maximum atomic E-state index is 12.3. The molecule has 3 rings (SSSR count). The summed E-state index contributed by atoms with van der Waals surface area (Å²) in [6.45, 7) is 1.99. The Labute approximate surface area is 160 Å². The molecule has 2 aromatic carbocycles. The first kappa shape index (κ1) is 18.3. The molecule has 1 aromatic heterocycles. The zero-order valence-corrected chi connectivity index (χ0v) is 15.2. The summed E-state index contributed by atoms with van der Waals surface area (Å²) in [6.07, 6.45) is 0. The third-order valence-electron chi connectivity index (χ3n) is 3.80. The predicted octanol–water partition coefficient (Wildman–Crippen LogP) is 4.08. The van der Waals surface area contributed by atoms with Crippen molar-refractivity contribution >= 4 is 34.9 Å². The number of furan rings is 1. The number of aromatic carboxylic acids is 1. The molecule has 0 saturated carbocycles. The molecule has 0 aliphatic carbocycles. The largest absolute Gasteiger partial charge is 0.478 e. The number of nitrogens with one attached hydrogen (secondary N) is 2. The molecule has 6 nitrogen and oxygen atoms in total. The summed E-state index contributed by atoms with van der Waals surface area (Å²) in [5.41, 5.74) is 2.32. The van der Waals surface area contributed by atoms with E-state index in [1.165, 1.54) is 6.07 Å². The first-order chi connectivity index (χ1) is 12.9. The molecule has 1 heterocycles. The van der Waals surface area contributed by atoms with Crippen LogP contribution in [0.4, 0.5) is 5.69 Å². The Morgan fingerprint density at radius 2 is 1.70 bits per heavy atom. The Balaban J connectivity index is 1.68. The zero-order valence-electron chi connectivity index (χ0n) is 14.4. The van der Waals surface area contributed by atoms with E-state index in [1.807, 2.05) is 31.2 Å². The van der Waals surface area contributed by atoms with Crippen LogP contribution >= 0.6 is 12.2 Å². The average molecular weight is 380 g/mol. The van der Waals surface area contributed by atoms with Crippen LogP contribution in [0.1, 0.15) is 26.5 Å². The molecule has 3 N–H and O–H groups in total. The fraction of sp³-hybridized carbons (Fsp3) is 0.0500. The van der Waals surface area contributed by atoms with Gasteiger partial charge in [-0.2, -0.15) is 0 Å². The van der Waals surface area contributed by atoms with E-state index in [0.717, 1.165) is 11.1 Å². The number of hydrogen-bond donors (Lipinski definition) is 3. The average Bonchev–Trinajstić information content (AvgIpc) is 3.13. The summed E-state index contributed by atoms with van der Waals surface area (Å²) >= 11 is 5.10. The topological polar surface area (TPSA) is 91.6 Å². The molecule has 27 heavy (non-hydrogen) atoms. The van der Waals surface area contributed by atoms with Crippen molar-refractivity contribution in [3.63, 3.8) is 0 Å². The summed E-state index contributed by atoms with van der Waals surface area (Å²) in [5.74, 6) is -0.962. The van der Waals surface area contributed by atoms with Crippen molar-refractivity contribution in [1.82, 2.24) is 5.32 Å². The van der Waals surface area contributed by atoms with Gasteiger partial charge in [-0.05, 0) is 43.4 Å². The summed E-state index contributed by atoms with van der Waals surface area (Å²) in [5, 5.41) is 14.3. The van der Waals surface area contributed by atoms with E-state index in [9.17, 15) is 14.7 Å². The maximum Gasteiger partial charge on any atom is 0.337 e. The number of amides is 1. The molecule has 0 aliphatic heterocycles. The number of thiocarbonyl (C=S) groups is 1. The highest BCUT2D eigenvalue weighted by atomic mass is 32.1. The van der Waals surface area contributed by atoms with Crippen molar-refractivity contribution in [3.05, 3.63) is 77.6 Å². The highest BCUT2D eigenvalue weighted by molar-refractivity contribution is 7.80. The van der Waals surface area contributed by atoms with Crippen LogP contribution < -0.4 is 10.6 Å². The van der Waals surface area contributed by atoms with Gasteiger partial charge in [-0.1, -0.05) is 42.0 Å². The molecular formula is C20H16N2O4S. The minimum atomic E-state index is -1.10. The molecule has 0 spiro atoms. The number of hydrogen-bond acceptors (Lipinski definition) is 4. The third-order valence-corrected chi connectivity index (χ3v) is 4.00. The quantitative estimate of drug-likeness (QED) is 0.591.